The van der Waals surface area contributed by atoms with Gasteiger partial charge in [0.25, 0.3) is 0 Å². The fourth-order valence-electron chi connectivity index (χ4n) is 1.87. The maximum atomic E-state index is 4.52. The van der Waals surface area contributed by atoms with Crippen molar-refractivity contribution in [3.63, 3.8) is 0 Å². The van der Waals surface area contributed by atoms with Gasteiger partial charge in [0, 0.05) is 4.47 Å². The van der Waals surface area contributed by atoms with Gasteiger partial charge in [-0.25, -0.2) is 4.98 Å². The Hall–Kier alpha value is -0.740. The fraction of sp³-hybridized carbons (Fsp3) is 0.438. The monoisotopic (exact) mass is 354 g/mol. The number of halogens is 1. The first-order valence-electron chi connectivity index (χ1n) is 7.17. The minimum Gasteiger partial charge on any atom is -0.341 e. The average Bonchev–Trinajstić information content (AvgIpc) is 2.97. The summed E-state index contributed by atoms with van der Waals surface area (Å²) in [5, 5.41) is 0.471. The predicted molar refractivity (Wildman–Crippen MR) is 94.2 cm³/mol. The zero-order chi connectivity index (χ0) is 15.0. The van der Waals surface area contributed by atoms with Crippen molar-refractivity contribution in [1.29, 1.82) is 0 Å². The SMILES string of the molecule is CC.CCSC(CC)c1ncc(-c2ccc(Br)cc2)[nH]1. The maximum Gasteiger partial charge on any atom is 0.119 e. The van der Waals surface area contributed by atoms with E-state index in [4.69, 9.17) is 0 Å². The molecule has 0 fully saturated rings. The molecule has 1 unspecified atom stereocenters. The van der Waals surface area contributed by atoms with Crippen molar-refractivity contribution in [2.45, 2.75) is 39.4 Å². The molecule has 4 heteroatoms. The van der Waals surface area contributed by atoms with Gasteiger partial charge in [0.1, 0.15) is 5.82 Å². The molecule has 1 N–H and O–H groups in total. The highest BCUT2D eigenvalue weighted by molar-refractivity contribution is 9.10. The van der Waals surface area contributed by atoms with Gasteiger partial charge in [-0.2, -0.15) is 11.8 Å². The van der Waals surface area contributed by atoms with Crippen molar-refractivity contribution in [2.24, 2.45) is 0 Å². The number of aromatic amines is 1. The van der Waals surface area contributed by atoms with Gasteiger partial charge in [-0.15, -0.1) is 0 Å². The molecule has 0 spiro atoms. The van der Waals surface area contributed by atoms with Crippen LogP contribution >= 0.6 is 27.7 Å². The molecule has 1 heterocycles. The average molecular weight is 355 g/mol. The van der Waals surface area contributed by atoms with E-state index in [0.29, 0.717) is 5.25 Å². The van der Waals surface area contributed by atoms with Crippen LogP contribution in [0.15, 0.2) is 34.9 Å². The lowest BCUT2D eigenvalue weighted by Crippen LogP contribution is -1.95. The summed E-state index contributed by atoms with van der Waals surface area (Å²) >= 11 is 5.39. The predicted octanol–water partition coefficient (Wildman–Crippen LogP) is 6.07. The highest BCUT2D eigenvalue weighted by Crippen LogP contribution is 2.31. The number of hydrogen-bond acceptors (Lipinski definition) is 2. The van der Waals surface area contributed by atoms with Crippen LogP contribution in [0.4, 0.5) is 0 Å². The zero-order valence-electron chi connectivity index (χ0n) is 12.6. The van der Waals surface area contributed by atoms with Crippen LogP contribution in [0.2, 0.25) is 0 Å². The summed E-state index contributed by atoms with van der Waals surface area (Å²) in [7, 11) is 0. The second-order valence-electron chi connectivity index (χ2n) is 4.04. The van der Waals surface area contributed by atoms with Crippen LogP contribution in [0.5, 0.6) is 0 Å². The first-order chi connectivity index (χ1) is 9.74. The summed E-state index contributed by atoms with van der Waals surface area (Å²) < 4.78 is 1.10. The highest BCUT2D eigenvalue weighted by Gasteiger charge is 2.13. The lowest BCUT2D eigenvalue weighted by Gasteiger charge is -2.09. The van der Waals surface area contributed by atoms with Crippen LogP contribution < -0.4 is 0 Å². The molecule has 0 amide bonds. The molecule has 0 aliphatic heterocycles. The smallest absolute Gasteiger partial charge is 0.119 e. The Balaban J connectivity index is 0.000000956. The molecule has 0 saturated heterocycles. The number of thioether (sulfide) groups is 1. The van der Waals surface area contributed by atoms with Crippen LogP contribution in [0, 0.1) is 0 Å². The Kier molecular flexibility index (Phi) is 8.00. The molecule has 1 aromatic carbocycles. The first kappa shape index (κ1) is 17.3. The van der Waals surface area contributed by atoms with E-state index >= 15 is 0 Å². The zero-order valence-corrected chi connectivity index (χ0v) is 15.0. The molecule has 0 bridgehead atoms. The number of H-pyrrole nitrogens is 1. The minimum atomic E-state index is 0.471. The summed E-state index contributed by atoms with van der Waals surface area (Å²) in [5.41, 5.74) is 2.26. The molecule has 20 heavy (non-hydrogen) atoms. The molecule has 1 aromatic heterocycles. The van der Waals surface area contributed by atoms with E-state index in [1.165, 1.54) is 5.56 Å². The Bertz CT molecular complexity index is 493. The van der Waals surface area contributed by atoms with E-state index < -0.39 is 0 Å². The Labute approximate surface area is 134 Å². The summed E-state index contributed by atoms with van der Waals surface area (Å²) in [6.07, 6.45) is 3.03. The number of benzene rings is 1. The standard InChI is InChI=1S/C14H17BrN2S.C2H6/c1-3-13(18-4-2)14-16-9-12(17-14)10-5-7-11(15)8-6-10;1-2/h5-9,13H,3-4H2,1-2H3,(H,16,17);1-2H3. The topological polar surface area (TPSA) is 28.7 Å². The number of nitrogens with one attached hydrogen (secondary N) is 1. The fourth-order valence-corrected chi connectivity index (χ4v) is 3.05. The molecule has 0 aliphatic carbocycles. The van der Waals surface area contributed by atoms with E-state index in [1.807, 2.05) is 43.9 Å². The molecular weight excluding hydrogens is 332 g/mol. The summed E-state index contributed by atoms with van der Waals surface area (Å²) in [4.78, 5) is 7.95. The minimum absolute atomic E-state index is 0.471. The van der Waals surface area contributed by atoms with Crippen LogP contribution in [0.25, 0.3) is 11.3 Å². The number of aromatic nitrogens is 2. The summed E-state index contributed by atoms with van der Waals surface area (Å²) in [6, 6.07) is 8.28. The van der Waals surface area contributed by atoms with Crippen LogP contribution in [0.3, 0.4) is 0 Å². The third-order valence-electron chi connectivity index (χ3n) is 2.79. The largest absolute Gasteiger partial charge is 0.341 e. The van der Waals surface area contributed by atoms with E-state index in [0.717, 1.165) is 28.2 Å². The molecule has 2 nitrogen and oxygen atoms in total. The van der Waals surface area contributed by atoms with Crippen LogP contribution in [-0.4, -0.2) is 15.7 Å². The van der Waals surface area contributed by atoms with E-state index in [-0.39, 0.29) is 0 Å². The number of hydrogen-bond donors (Lipinski definition) is 1. The summed E-state index contributed by atoms with van der Waals surface area (Å²) in [5.74, 6) is 2.20. The van der Waals surface area contributed by atoms with Crippen LogP contribution in [0.1, 0.15) is 45.2 Å². The van der Waals surface area contributed by atoms with E-state index in [1.54, 1.807) is 0 Å². The Morgan fingerprint density at radius 3 is 2.40 bits per heavy atom. The lowest BCUT2D eigenvalue weighted by molar-refractivity contribution is 0.834. The van der Waals surface area contributed by atoms with Crippen molar-refractivity contribution < 1.29 is 0 Å². The van der Waals surface area contributed by atoms with Crippen molar-refractivity contribution in [3.05, 3.63) is 40.8 Å². The molecular formula is C16H23BrN2S. The molecule has 2 aromatic rings. The van der Waals surface area contributed by atoms with E-state index in [9.17, 15) is 0 Å². The molecule has 0 saturated carbocycles. The number of rotatable bonds is 5. The summed E-state index contributed by atoms with van der Waals surface area (Å²) in [6.45, 7) is 8.39. The Morgan fingerprint density at radius 2 is 1.85 bits per heavy atom. The maximum absolute atomic E-state index is 4.52. The quantitative estimate of drug-likeness (QED) is 0.705. The number of nitrogens with zero attached hydrogens (tertiary/aromatic N) is 1. The molecule has 0 radical (unpaired) electrons. The van der Waals surface area contributed by atoms with Crippen molar-refractivity contribution in [2.75, 3.05) is 5.75 Å². The van der Waals surface area contributed by atoms with Gasteiger partial charge in [0.2, 0.25) is 0 Å². The van der Waals surface area contributed by atoms with Gasteiger partial charge in [0.15, 0.2) is 0 Å². The van der Waals surface area contributed by atoms with Crippen molar-refractivity contribution >= 4 is 27.7 Å². The second kappa shape index (κ2) is 9.24. The van der Waals surface area contributed by atoms with E-state index in [2.05, 4.69) is 51.9 Å². The Morgan fingerprint density at radius 1 is 1.20 bits per heavy atom. The van der Waals surface area contributed by atoms with Gasteiger partial charge in [-0.1, -0.05) is 55.8 Å². The first-order valence-corrected chi connectivity index (χ1v) is 9.01. The highest BCUT2D eigenvalue weighted by atomic mass is 79.9. The number of imidazole rings is 1. The van der Waals surface area contributed by atoms with Crippen molar-refractivity contribution in [3.8, 4) is 11.3 Å². The van der Waals surface area contributed by atoms with Gasteiger partial charge in [-0.05, 0) is 29.9 Å². The molecule has 1 atom stereocenters. The normalized spacial score (nSPS) is 11.7. The van der Waals surface area contributed by atoms with Gasteiger partial charge >= 0.3 is 0 Å². The molecule has 110 valence electrons. The van der Waals surface area contributed by atoms with Gasteiger partial charge in [0.05, 0.1) is 17.1 Å². The van der Waals surface area contributed by atoms with Gasteiger partial charge < -0.3 is 4.98 Å². The lowest BCUT2D eigenvalue weighted by atomic mass is 10.2. The third-order valence-corrected chi connectivity index (χ3v) is 4.62. The van der Waals surface area contributed by atoms with Gasteiger partial charge in [-0.3, -0.25) is 0 Å². The molecule has 0 aliphatic rings. The molecule has 2 rings (SSSR count). The van der Waals surface area contributed by atoms with Crippen molar-refractivity contribution in [1.82, 2.24) is 9.97 Å². The third kappa shape index (κ3) is 4.67. The van der Waals surface area contributed by atoms with Crippen LogP contribution in [-0.2, 0) is 0 Å². The second-order valence-corrected chi connectivity index (χ2v) is 6.44.